The van der Waals surface area contributed by atoms with Gasteiger partial charge in [-0.3, -0.25) is 0 Å². The smallest absolute Gasteiger partial charge is 0.0400 e. The van der Waals surface area contributed by atoms with Crippen LogP contribution in [0.2, 0.25) is 0 Å². The third kappa shape index (κ3) is 3.47. The third-order valence-electron chi connectivity index (χ3n) is 4.22. The Morgan fingerprint density at radius 3 is 2.48 bits per heavy atom. The lowest BCUT2D eigenvalue weighted by molar-refractivity contribution is 0.591. The molecule has 0 amide bonds. The molecule has 1 heteroatoms. The average Bonchev–Trinajstić information content (AvgIpc) is 3.29. The summed E-state index contributed by atoms with van der Waals surface area (Å²) in [7, 11) is 0. The van der Waals surface area contributed by atoms with Crippen molar-refractivity contribution in [2.45, 2.75) is 51.5 Å². The van der Waals surface area contributed by atoms with Crippen molar-refractivity contribution in [3.63, 3.8) is 0 Å². The van der Waals surface area contributed by atoms with E-state index in [0.29, 0.717) is 0 Å². The molecule has 0 radical (unpaired) electrons. The Bertz CT molecular complexity index is 618. The predicted molar refractivity (Wildman–Crippen MR) is 90.9 cm³/mol. The highest BCUT2D eigenvalue weighted by Gasteiger charge is 2.23. The van der Waals surface area contributed by atoms with Crippen LogP contribution in [-0.2, 0) is 12.0 Å². The first-order chi connectivity index (χ1) is 10.0. The van der Waals surface area contributed by atoms with Crippen molar-refractivity contribution in [2.75, 3.05) is 5.32 Å². The second-order valence-corrected chi connectivity index (χ2v) is 7.17. The van der Waals surface area contributed by atoms with Crippen LogP contribution in [-0.4, -0.2) is 0 Å². The van der Waals surface area contributed by atoms with Crippen molar-refractivity contribution < 1.29 is 0 Å². The number of benzene rings is 2. The van der Waals surface area contributed by atoms with Crippen molar-refractivity contribution in [3.05, 3.63) is 65.2 Å². The zero-order valence-corrected chi connectivity index (χ0v) is 13.3. The van der Waals surface area contributed by atoms with E-state index in [1.165, 1.54) is 35.2 Å². The van der Waals surface area contributed by atoms with Crippen LogP contribution in [0.4, 0.5) is 5.69 Å². The van der Waals surface area contributed by atoms with Gasteiger partial charge in [0.05, 0.1) is 0 Å². The number of nitrogens with one attached hydrogen (secondary N) is 1. The van der Waals surface area contributed by atoms with Crippen LogP contribution in [0.15, 0.2) is 48.5 Å². The van der Waals surface area contributed by atoms with Crippen LogP contribution in [0.1, 0.15) is 56.2 Å². The number of anilines is 1. The zero-order chi connectivity index (χ0) is 14.9. The van der Waals surface area contributed by atoms with Gasteiger partial charge in [-0.2, -0.15) is 0 Å². The fourth-order valence-corrected chi connectivity index (χ4v) is 2.86. The summed E-state index contributed by atoms with van der Waals surface area (Å²) in [5.74, 6) is 0.826. The third-order valence-corrected chi connectivity index (χ3v) is 4.22. The summed E-state index contributed by atoms with van der Waals surface area (Å²) >= 11 is 0. The van der Waals surface area contributed by atoms with E-state index in [1.807, 2.05) is 0 Å². The summed E-state index contributed by atoms with van der Waals surface area (Å²) in [6.45, 7) is 7.69. The first kappa shape index (κ1) is 14.2. The number of rotatable bonds is 4. The van der Waals surface area contributed by atoms with E-state index >= 15 is 0 Å². The van der Waals surface area contributed by atoms with Crippen molar-refractivity contribution >= 4 is 5.69 Å². The lowest BCUT2D eigenvalue weighted by Gasteiger charge is -2.23. The summed E-state index contributed by atoms with van der Waals surface area (Å²) < 4.78 is 0. The van der Waals surface area contributed by atoms with Gasteiger partial charge in [-0.1, -0.05) is 63.2 Å². The molecule has 1 aliphatic carbocycles. The molecular weight excluding hydrogens is 254 g/mol. The van der Waals surface area contributed by atoms with E-state index in [2.05, 4.69) is 74.6 Å². The first-order valence-electron chi connectivity index (χ1n) is 7.96. The van der Waals surface area contributed by atoms with Gasteiger partial charge in [-0.25, -0.2) is 0 Å². The maximum absolute atomic E-state index is 3.62. The van der Waals surface area contributed by atoms with Gasteiger partial charge in [0.1, 0.15) is 0 Å². The molecule has 0 aromatic heterocycles. The highest BCUT2D eigenvalue weighted by Crippen LogP contribution is 2.40. The normalized spacial score (nSPS) is 15.0. The molecule has 0 heterocycles. The van der Waals surface area contributed by atoms with Crippen molar-refractivity contribution in [1.29, 1.82) is 0 Å². The molecule has 110 valence electrons. The van der Waals surface area contributed by atoms with Crippen LogP contribution >= 0.6 is 0 Å². The number of hydrogen-bond donors (Lipinski definition) is 1. The van der Waals surface area contributed by atoms with E-state index in [-0.39, 0.29) is 5.41 Å². The molecule has 1 fully saturated rings. The van der Waals surface area contributed by atoms with E-state index in [4.69, 9.17) is 0 Å². The van der Waals surface area contributed by atoms with Crippen molar-refractivity contribution in [2.24, 2.45) is 0 Å². The Kier molecular flexibility index (Phi) is 3.75. The lowest BCUT2D eigenvalue weighted by atomic mass is 9.86. The lowest BCUT2D eigenvalue weighted by Crippen LogP contribution is -2.14. The van der Waals surface area contributed by atoms with E-state index in [0.717, 1.165) is 12.5 Å². The van der Waals surface area contributed by atoms with E-state index in [9.17, 15) is 0 Å². The monoisotopic (exact) mass is 279 g/mol. The molecular formula is C20H25N. The van der Waals surface area contributed by atoms with Crippen LogP contribution in [0.3, 0.4) is 0 Å². The maximum Gasteiger partial charge on any atom is 0.0400 e. The summed E-state index contributed by atoms with van der Waals surface area (Å²) in [4.78, 5) is 0. The van der Waals surface area contributed by atoms with Gasteiger partial charge < -0.3 is 5.32 Å². The highest BCUT2D eigenvalue weighted by molar-refractivity contribution is 5.54. The summed E-state index contributed by atoms with van der Waals surface area (Å²) in [6, 6.07) is 17.7. The molecule has 2 aromatic carbocycles. The van der Waals surface area contributed by atoms with Gasteiger partial charge in [0, 0.05) is 12.2 Å². The predicted octanol–water partition coefficient (Wildman–Crippen LogP) is 5.47. The number of para-hydroxylation sites is 1. The highest BCUT2D eigenvalue weighted by atomic mass is 14.9. The molecule has 0 unspecified atom stereocenters. The van der Waals surface area contributed by atoms with Gasteiger partial charge >= 0.3 is 0 Å². The first-order valence-corrected chi connectivity index (χ1v) is 7.96. The summed E-state index contributed by atoms with van der Waals surface area (Å²) in [6.07, 6.45) is 2.73. The molecule has 0 aliphatic heterocycles. The van der Waals surface area contributed by atoms with Crippen LogP contribution in [0, 0.1) is 0 Å². The summed E-state index contributed by atoms with van der Waals surface area (Å²) in [5, 5.41) is 3.62. The molecule has 1 aliphatic rings. The van der Waals surface area contributed by atoms with Crippen LogP contribution in [0.25, 0.3) is 0 Å². The standard InChI is InChI=1S/C20H25N/c1-20(2,3)18-9-4-5-10-19(18)21-14-15-7-6-8-17(13-15)16-11-12-16/h4-10,13,16,21H,11-12,14H2,1-3H3. The minimum Gasteiger partial charge on any atom is -0.381 e. The van der Waals surface area contributed by atoms with Crippen molar-refractivity contribution in [1.82, 2.24) is 0 Å². The van der Waals surface area contributed by atoms with Crippen LogP contribution in [0.5, 0.6) is 0 Å². The van der Waals surface area contributed by atoms with Gasteiger partial charge in [0.25, 0.3) is 0 Å². The Hall–Kier alpha value is -1.76. The van der Waals surface area contributed by atoms with E-state index in [1.54, 1.807) is 0 Å². The SMILES string of the molecule is CC(C)(C)c1ccccc1NCc1cccc(C2CC2)c1. The maximum atomic E-state index is 3.62. The van der Waals surface area contributed by atoms with Gasteiger partial charge in [-0.05, 0) is 46.9 Å². The fraction of sp³-hybridized carbons (Fsp3) is 0.400. The Morgan fingerprint density at radius 2 is 1.76 bits per heavy atom. The topological polar surface area (TPSA) is 12.0 Å². The van der Waals surface area contributed by atoms with Gasteiger partial charge in [0.15, 0.2) is 0 Å². The molecule has 1 N–H and O–H groups in total. The molecule has 0 spiro atoms. The van der Waals surface area contributed by atoms with Crippen molar-refractivity contribution in [3.8, 4) is 0 Å². The molecule has 0 atom stereocenters. The van der Waals surface area contributed by atoms with E-state index < -0.39 is 0 Å². The molecule has 21 heavy (non-hydrogen) atoms. The van der Waals surface area contributed by atoms with Gasteiger partial charge in [-0.15, -0.1) is 0 Å². The molecule has 2 aromatic rings. The molecule has 1 saturated carbocycles. The quantitative estimate of drug-likeness (QED) is 0.782. The second-order valence-electron chi connectivity index (χ2n) is 7.17. The Balaban J connectivity index is 1.74. The minimum atomic E-state index is 0.166. The molecule has 3 rings (SSSR count). The minimum absolute atomic E-state index is 0.166. The second kappa shape index (κ2) is 5.55. The van der Waals surface area contributed by atoms with Gasteiger partial charge in [0.2, 0.25) is 0 Å². The largest absolute Gasteiger partial charge is 0.381 e. The average molecular weight is 279 g/mol. The Labute approximate surface area is 128 Å². The summed E-state index contributed by atoms with van der Waals surface area (Å²) in [5.41, 5.74) is 5.69. The number of hydrogen-bond acceptors (Lipinski definition) is 1. The molecule has 0 bridgehead atoms. The fourth-order valence-electron chi connectivity index (χ4n) is 2.86. The Morgan fingerprint density at radius 1 is 1.00 bits per heavy atom. The van der Waals surface area contributed by atoms with Crippen LogP contribution < -0.4 is 5.32 Å². The molecule has 1 nitrogen and oxygen atoms in total. The molecule has 0 saturated heterocycles. The zero-order valence-electron chi connectivity index (χ0n) is 13.3.